The smallest absolute Gasteiger partial charge is 0.0943 e. The third-order valence-corrected chi connectivity index (χ3v) is 3.70. The van der Waals surface area contributed by atoms with Crippen LogP contribution in [0, 0.1) is 0 Å². The summed E-state index contributed by atoms with van der Waals surface area (Å²) in [6.45, 7) is 4.37. The standard InChI is InChI=1S/C14H20ClNO.ClH/c1-14(2)8-4-7-12(16-14)13(17)10-5-3-6-11(15)9-10;/h3,5-6,9,12-13,16-17H,4,7-8H2,1-2H3;1H. The fourth-order valence-electron chi connectivity index (χ4n) is 2.57. The van der Waals surface area contributed by atoms with E-state index in [0.29, 0.717) is 5.02 Å². The van der Waals surface area contributed by atoms with Gasteiger partial charge in [0.15, 0.2) is 0 Å². The third-order valence-electron chi connectivity index (χ3n) is 3.46. The second-order valence-electron chi connectivity index (χ2n) is 5.53. The molecular formula is C14H21Cl2NO. The van der Waals surface area contributed by atoms with Crippen LogP contribution in [0.1, 0.15) is 44.8 Å². The van der Waals surface area contributed by atoms with Crippen molar-refractivity contribution in [3.8, 4) is 0 Å². The molecule has 1 aromatic rings. The molecule has 1 aliphatic rings. The Morgan fingerprint density at radius 1 is 1.44 bits per heavy atom. The molecule has 0 saturated carbocycles. The number of aliphatic hydroxyl groups excluding tert-OH is 1. The van der Waals surface area contributed by atoms with Crippen molar-refractivity contribution in [1.29, 1.82) is 0 Å². The minimum Gasteiger partial charge on any atom is -0.387 e. The van der Waals surface area contributed by atoms with Gasteiger partial charge < -0.3 is 10.4 Å². The fraction of sp³-hybridized carbons (Fsp3) is 0.571. The van der Waals surface area contributed by atoms with Crippen LogP contribution in [0.5, 0.6) is 0 Å². The van der Waals surface area contributed by atoms with Gasteiger partial charge in [-0.25, -0.2) is 0 Å². The fourth-order valence-corrected chi connectivity index (χ4v) is 2.77. The average Bonchev–Trinajstić information content (AvgIpc) is 2.26. The summed E-state index contributed by atoms with van der Waals surface area (Å²) in [5, 5.41) is 14.6. The molecule has 2 atom stereocenters. The summed E-state index contributed by atoms with van der Waals surface area (Å²) in [7, 11) is 0. The van der Waals surface area contributed by atoms with Crippen LogP contribution in [0.4, 0.5) is 0 Å². The van der Waals surface area contributed by atoms with E-state index in [2.05, 4.69) is 19.2 Å². The monoisotopic (exact) mass is 289 g/mol. The van der Waals surface area contributed by atoms with Crippen LogP contribution in [0.15, 0.2) is 24.3 Å². The Kier molecular flexibility index (Phi) is 5.47. The van der Waals surface area contributed by atoms with E-state index in [1.54, 1.807) is 0 Å². The van der Waals surface area contributed by atoms with Crippen LogP contribution in [-0.2, 0) is 0 Å². The summed E-state index contributed by atoms with van der Waals surface area (Å²) in [4.78, 5) is 0. The Bertz CT molecular complexity index is 395. The van der Waals surface area contributed by atoms with Gasteiger partial charge in [0.1, 0.15) is 0 Å². The zero-order valence-electron chi connectivity index (χ0n) is 10.8. The Labute approximate surface area is 120 Å². The van der Waals surface area contributed by atoms with Crippen LogP contribution >= 0.6 is 24.0 Å². The highest BCUT2D eigenvalue weighted by Gasteiger charge is 2.31. The number of nitrogens with one attached hydrogen (secondary N) is 1. The van der Waals surface area contributed by atoms with Crippen LogP contribution in [-0.4, -0.2) is 16.7 Å². The van der Waals surface area contributed by atoms with E-state index >= 15 is 0 Å². The van der Waals surface area contributed by atoms with Gasteiger partial charge in [-0.05, 0) is 50.8 Å². The molecule has 1 aromatic carbocycles. The van der Waals surface area contributed by atoms with Crippen molar-refractivity contribution < 1.29 is 5.11 Å². The van der Waals surface area contributed by atoms with Crippen LogP contribution < -0.4 is 5.32 Å². The van der Waals surface area contributed by atoms with Gasteiger partial charge in [0, 0.05) is 16.6 Å². The molecule has 0 spiro atoms. The van der Waals surface area contributed by atoms with Crippen LogP contribution in [0.3, 0.4) is 0 Å². The molecule has 2 rings (SSSR count). The Balaban J connectivity index is 0.00000162. The van der Waals surface area contributed by atoms with Gasteiger partial charge in [-0.15, -0.1) is 12.4 Å². The zero-order chi connectivity index (χ0) is 12.5. The Hall–Kier alpha value is -0.280. The molecule has 0 aliphatic carbocycles. The molecule has 0 amide bonds. The van der Waals surface area contributed by atoms with Crippen molar-refractivity contribution in [1.82, 2.24) is 5.32 Å². The minimum atomic E-state index is -0.478. The van der Waals surface area contributed by atoms with Gasteiger partial charge in [0.05, 0.1) is 6.10 Å². The highest BCUT2D eigenvalue weighted by Crippen LogP contribution is 2.29. The van der Waals surface area contributed by atoms with Crippen molar-refractivity contribution in [3.63, 3.8) is 0 Å². The Morgan fingerprint density at radius 3 is 2.78 bits per heavy atom. The molecule has 4 heteroatoms. The van der Waals surface area contributed by atoms with E-state index in [1.807, 2.05) is 24.3 Å². The molecule has 0 aromatic heterocycles. The van der Waals surface area contributed by atoms with Gasteiger partial charge in [0.2, 0.25) is 0 Å². The van der Waals surface area contributed by atoms with Gasteiger partial charge in [-0.2, -0.15) is 0 Å². The maximum atomic E-state index is 10.4. The normalized spacial score (nSPS) is 24.1. The minimum absolute atomic E-state index is 0. The molecule has 2 nitrogen and oxygen atoms in total. The number of halogens is 2. The predicted octanol–water partition coefficient (Wildman–Crippen LogP) is 3.72. The summed E-state index contributed by atoms with van der Waals surface area (Å²) in [5.74, 6) is 0. The topological polar surface area (TPSA) is 32.3 Å². The lowest BCUT2D eigenvalue weighted by Crippen LogP contribution is -2.51. The summed E-state index contributed by atoms with van der Waals surface area (Å²) >= 11 is 5.95. The summed E-state index contributed by atoms with van der Waals surface area (Å²) in [5.41, 5.74) is 1.01. The van der Waals surface area contributed by atoms with Gasteiger partial charge in [-0.1, -0.05) is 23.7 Å². The zero-order valence-corrected chi connectivity index (χ0v) is 12.4. The van der Waals surface area contributed by atoms with Gasteiger partial charge >= 0.3 is 0 Å². The lowest BCUT2D eigenvalue weighted by atomic mass is 9.86. The van der Waals surface area contributed by atoms with E-state index < -0.39 is 6.10 Å². The lowest BCUT2D eigenvalue weighted by molar-refractivity contribution is 0.0844. The second kappa shape index (κ2) is 6.25. The molecule has 2 unspecified atom stereocenters. The van der Waals surface area contributed by atoms with E-state index in [9.17, 15) is 5.11 Å². The van der Waals surface area contributed by atoms with E-state index in [-0.39, 0.29) is 24.0 Å². The van der Waals surface area contributed by atoms with Crippen molar-refractivity contribution >= 4 is 24.0 Å². The number of hydrogen-bond acceptors (Lipinski definition) is 2. The predicted molar refractivity (Wildman–Crippen MR) is 78.5 cm³/mol. The van der Waals surface area contributed by atoms with Crippen LogP contribution in [0.2, 0.25) is 5.02 Å². The first-order valence-electron chi connectivity index (χ1n) is 6.19. The SMILES string of the molecule is CC1(C)CCCC(C(O)c2cccc(Cl)c2)N1.Cl. The van der Waals surface area contributed by atoms with Crippen molar-refractivity contribution in [2.45, 2.75) is 50.8 Å². The maximum absolute atomic E-state index is 10.4. The third kappa shape index (κ3) is 3.86. The molecule has 0 radical (unpaired) electrons. The van der Waals surface area contributed by atoms with Crippen LogP contribution in [0.25, 0.3) is 0 Å². The van der Waals surface area contributed by atoms with E-state index in [0.717, 1.165) is 24.8 Å². The summed E-state index contributed by atoms with van der Waals surface area (Å²) in [6, 6.07) is 7.61. The highest BCUT2D eigenvalue weighted by molar-refractivity contribution is 6.30. The quantitative estimate of drug-likeness (QED) is 0.870. The molecule has 1 heterocycles. The van der Waals surface area contributed by atoms with Crippen molar-refractivity contribution in [3.05, 3.63) is 34.9 Å². The Morgan fingerprint density at radius 2 is 2.17 bits per heavy atom. The number of benzene rings is 1. The molecule has 0 bridgehead atoms. The summed E-state index contributed by atoms with van der Waals surface area (Å²) in [6.07, 6.45) is 2.85. The lowest BCUT2D eigenvalue weighted by Gasteiger charge is -2.39. The van der Waals surface area contributed by atoms with Crippen molar-refractivity contribution in [2.24, 2.45) is 0 Å². The largest absolute Gasteiger partial charge is 0.387 e. The molecule has 1 aliphatic heterocycles. The first-order chi connectivity index (χ1) is 7.98. The molecule has 102 valence electrons. The maximum Gasteiger partial charge on any atom is 0.0943 e. The molecule has 2 N–H and O–H groups in total. The molecular weight excluding hydrogens is 269 g/mol. The average molecular weight is 290 g/mol. The molecule has 18 heavy (non-hydrogen) atoms. The number of piperidine rings is 1. The van der Waals surface area contributed by atoms with Crippen molar-refractivity contribution in [2.75, 3.05) is 0 Å². The van der Waals surface area contributed by atoms with Gasteiger partial charge in [-0.3, -0.25) is 0 Å². The van der Waals surface area contributed by atoms with E-state index in [4.69, 9.17) is 11.6 Å². The van der Waals surface area contributed by atoms with Gasteiger partial charge in [0.25, 0.3) is 0 Å². The summed E-state index contributed by atoms with van der Waals surface area (Å²) < 4.78 is 0. The number of aliphatic hydroxyl groups is 1. The first-order valence-corrected chi connectivity index (χ1v) is 6.57. The second-order valence-corrected chi connectivity index (χ2v) is 5.96. The highest BCUT2D eigenvalue weighted by atomic mass is 35.5. The molecule has 1 saturated heterocycles. The number of hydrogen-bond donors (Lipinski definition) is 2. The number of rotatable bonds is 2. The molecule has 1 fully saturated rings. The first kappa shape index (κ1) is 15.8. The van der Waals surface area contributed by atoms with E-state index in [1.165, 1.54) is 0 Å².